The zero-order chi connectivity index (χ0) is 15.2. The van der Waals surface area contributed by atoms with Crippen molar-refractivity contribution in [3.8, 4) is 0 Å². The molecule has 1 N–H and O–H groups in total. The molecule has 1 unspecified atom stereocenters. The van der Waals surface area contributed by atoms with E-state index in [1.54, 1.807) is 6.07 Å². The van der Waals surface area contributed by atoms with Gasteiger partial charge in [0.1, 0.15) is 17.6 Å². The van der Waals surface area contributed by atoms with Crippen LogP contribution in [0.2, 0.25) is 5.15 Å². The van der Waals surface area contributed by atoms with Crippen LogP contribution in [0, 0.1) is 6.92 Å². The van der Waals surface area contributed by atoms with Crippen LogP contribution in [0.4, 0.5) is 5.82 Å². The summed E-state index contributed by atoms with van der Waals surface area (Å²) in [5, 5.41) is 3.76. The van der Waals surface area contributed by atoms with E-state index in [-0.39, 0.29) is 6.04 Å². The monoisotopic (exact) mass is 305 g/mol. The minimum Gasteiger partial charge on any atom is -0.374 e. The molecule has 0 aliphatic heterocycles. The molecule has 0 saturated carbocycles. The summed E-state index contributed by atoms with van der Waals surface area (Å²) >= 11 is 6.03. The van der Waals surface area contributed by atoms with Gasteiger partial charge in [0.05, 0.1) is 0 Å². The van der Waals surface area contributed by atoms with Crippen LogP contribution in [0.15, 0.2) is 30.3 Å². The molecule has 0 aliphatic rings. The summed E-state index contributed by atoms with van der Waals surface area (Å²) in [6, 6.07) is 10.3. The van der Waals surface area contributed by atoms with Crippen LogP contribution >= 0.6 is 11.6 Å². The standard InChI is InChI=1S/C16H20ClN3O/c1-4-21-10-16-19-14(17)9-15(20-16)18-12(3)13-7-5-11(2)6-8-13/h5-9,12H,4,10H2,1-3H3,(H,18,19,20). The average molecular weight is 306 g/mol. The Morgan fingerprint density at radius 3 is 2.62 bits per heavy atom. The highest BCUT2D eigenvalue weighted by atomic mass is 35.5. The van der Waals surface area contributed by atoms with Gasteiger partial charge < -0.3 is 10.1 Å². The molecule has 4 nitrogen and oxygen atoms in total. The molecule has 2 rings (SSSR count). The van der Waals surface area contributed by atoms with Gasteiger partial charge in [0, 0.05) is 18.7 Å². The molecule has 0 aliphatic carbocycles. The molecule has 112 valence electrons. The van der Waals surface area contributed by atoms with E-state index in [1.807, 2.05) is 6.92 Å². The Hall–Kier alpha value is -1.65. The average Bonchev–Trinajstić information content (AvgIpc) is 2.45. The Morgan fingerprint density at radius 1 is 1.24 bits per heavy atom. The van der Waals surface area contributed by atoms with E-state index in [2.05, 4.69) is 53.4 Å². The van der Waals surface area contributed by atoms with Crippen molar-refractivity contribution in [1.82, 2.24) is 9.97 Å². The summed E-state index contributed by atoms with van der Waals surface area (Å²) in [7, 11) is 0. The number of nitrogens with zero attached hydrogens (tertiary/aromatic N) is 2. The van der Waals surface area contributed by atoms with Crippen molar-refractivity contribution < 1.29 is 4.74 Å². The number of hydrogen-bond donors (Lipinski definition) is 1. The van der Waals surface area contributed by atoms with Crippen LogP contribution < -0.4 is 5.32 Å². The van der Waals surface area contributed by atoms with Crippen molar-refractivity contribution in [3.05, 3.63) is 52.4 Å². The van der Waals surface area contributed by atoms with Crippen LogP contribution in [0.3, 0.4) is 0 Å². The number of rotatable bonds is 6. The molecule has 0 spiro atoms. The maximum Gasteiger partial charge on any atom is 0.158 e. The number of halogens is 1. The summed E-state index contributed by atoms with van der Waals surface area (Å²) < 4.78 is 5.32. The summed E-state index contributed by atoms with van der Waals surface area (Å²) in [6.07, 6.45) is 0. The highest BCUT2D eigenvalue weighted by molar-refractivity contribution is 6.29. The molecule has 5 heteroatoms. The summed E-state index contributed by atoms with van der Waals surface area (Å²) in [6.45, 7) is 7.08. The summed E-state index contributed by atoms with van der Waals surface area (Å²) in [5.41, 5.74) is 2.44. The molecule has 21 heavy (non-hydrogen) atoms. The van der Waals surface area contributed by atoms with Crippen molar-refractivity contribution in [1.29, 1.82) is 0 Å². The van der Waals surface area contributed by atoms with Crippen molar-refractivity contribution in [2.45, 2.75) is 33.4 Å². The lowest BCUT2D eigenvalue weighted by molar-refractivity contribution is 0.128. The third-order valence-corrected chi connectivity index (χ3v) is 3.31. The van der Waals surface area contributed by atoms with Crippen LogP contribution in [-0.2, 0) is 11.3 Å². The highest BCUT2D eigenvalue weighted by Crippen LogP contribution is 2.20. The normalized spacial score (nSPS) is 12.2. The van der Waals surface area contributed by atoms with E-state index in [9.17, 15) is 0 Å². The number of nitrogens with one attached hydrogen (secondary N) is 1. The first-order valence-electron chi connectivity index (χ1n) is 7.02. The first kappa shape index (κ1) is 15.7. The number of benzene rings is 1. The van der Waals surface area contributed by atoms with Crippen LogP contribution in [0.25, 0.3) is 0 Å². The van der Waals surface area contributed by atoms with E-state index in [0.29, 0.717) is 30.0 Å². The minimum absolute atomic E-state index is 0.136. The van der Waals surface area contributed by atoms with Gasteiger partial charge in [0.2, 0.25) is 0 Å². The first-order valence-corrected chi connectivity index (χ1v) is 7.40. The molecular weight excluding hydrogens is 286 g/mol. The Bertz CT molecular complexity index is 587. The summed E-state index contributed by atoms with van der Waals surface area (Å²) in [4.78, 5) is 8.57. The quantitative estimate of drug-likeness (QED) is 0.815. The lowest BCUT2D eigenvalue weighted by atomic mass is 10.1. The lowest BCUT2D eigenvalue weighted by Crippen LogP contribution is -2.10. The fourth-order valence-corrected chi connectivity index (χ4v) is 2.16. The molecule has 0 saturated heterocycles. The number of ether oxygens (including phenoxy) is 1. The molecular formula is C16H20ClN3O. The Labute approximate surface area is 130 Å². The minimum atomic E-state index is 0.136. The van der Waals surface area contributed by atoms with Gasteiger partial charge in [-0.3, -0.25) is 0 Å². The largest absolute Gasteiger partial charge is 0.374 e. The predicted molar refractivity (Wildman–Crippen MR) is 85.6 cm³/mol. The zero-order valence-corrected chi connectivity index (χ0v) is 13.3. The molecule has 1 heterocycles. The number of aryl methyl sites for hydroxylation is 1. The van der Waals surface area contributed by atoms with Gasteiger partial charge in [-0.15, -0.1) is 0 Å². The first-order chi connectivity index (χ1) is 10.1. The molecule has 1 atom stereocenters. The maximum atomic E-state index is 6.03. The number of hydrogen-bond acceptors (Lipinski definition) is 4. The second-order valence-electron chi connectivity index (χ2n) is 4.91. The Morgan fingerprint density at radius 2 is 1.95 bits per heavy atom. The molecule has 0 radical (unpaired) electrons. The van der Waals surface area contributed by atoms with E-state index < -0.39 is 0 Å². The molecule has 0 bridgehead atoms. The van der Waals surface area contributed by atoms with Crippen molar-refractivity contribution in [3.63, 3.8) is 0 Å². The number of anilines is 1. The SMILES string of the molecule is CCOCc1nc(Cl)cc(NC(C)c2ccc(C)cc2)n1. The van der Waals surface area contributed by atoms with E-state index >= 15 is 0 Å². The third kappa shape index (κ3) is 4.69. The molecule has 0 fully saturated rings. The predicted octanol–water partition coefficient (Wildman–Crippen LogP) is 4.15. The molecule has 1 aromatic carbocycles. The van der Waals surface area contributed by atoms with Gasteiger partial charge in [0.25, 0.3) is 0 Å². The van der Waals surface area contributed by atoms with Gasteiger partial charge >= 0.3 is 0 Å². The maximum absolute atomic E-state index is 6.03. The molecule has 1 aromatic heterocycles. The Kier molecular flexibility index (Phi) is 5.53. The molecule has 0 amide bonds. The van der Waals surface area contributed by atoms with Gasteiger partial charge in [-0.25, -0.2) is 9.97 Å². The second kappa shape index (κ2) is 7.38. The van der Waals surface area contributed by atoms with Gasteiger partial charge in [0.15, 0.2) is 5.82 Å². The van der Waals surface area contributed by atoms with E-state index in [1.165, 1.54) is 11.1 Å². The molecule has 2 aromatic rings. The van der Waals surface area contributed by atoms with Crippen LogP contribution in [-0.4, -0.2) is 16.6 Å². The summed E-state index contributed by atoms with van der Waals surface area (Å²) in [5.74, 6) is 1.29. The fraction of sp³-hybridized carbons (Fsp3) is 0.375. The second-order valence-corrected chi connectivity index (χ2v) is 5.29. The van der Waals surface area contributed by atoms with Crippen LogP contribution in [0.5, 0.6) is 0 Å². The van der Waals surface area contributed by atoms with Crippen molar-refractivity contribution in [2.24, 2.45) is 0 Å². The zero-order valence-electron chi connectivity index (χ0n) is 12.6. The smallest absolute Gasteiger partial charge is 0.158 e. The number of aromatic nitrogens is 2. The lowest BCUT2D eigenvalue weighted by Gasteiger charge is -2.16. The van der Waals surface area contributed by atoms with E-state index in [0.717, 1.165) is 0 Å². The Balaban J connectivity index is 2.10. The van der Waals surface area contributed by atoms with Crippen molar-refractivity contribution in [2.75, 3.05) is 11.9 Å². The van der Waals surface area contributed by atoms with Crippen molar-refractivity contribution >= 4 is 17.4 Å². The highest BCUT2D eigenvalue weighted by Gasteiger charge is 2.08. The fourth-order valence-electron chi connectivity index (χ4n) is 1.96. The van der Waals surface area contributed by atoms with E-state index in [4.69, 9.17) is 16.3 Å². The topological polar surface area (TPSA) is 47.0 Å². The third-order valence-electron chi connectivity index (χ3n) is 3.12. The van der Waals surface area contributed by atoms with Gasteiger partial charge in [-0.05, 0) is 26.3 Å². The van der Waals surface area contributed by atoms with Gasteiger partial charge in [-0.1, -0.05) is 41.4 Å². The van der Waals surface area contributed by atoms with Crippen LogP contribution in [0.1, 0.15) is 36.8 Å². The van der Waals surface area contributed by atoms with Gasteiger partial charge in [-0.2, -0.15) is 0 Å².